The lowest BCUT2D eigenvalue weighted by atomic mass is 10.2. The van der Waals surface area contributed by atoms with Gasteiger partial charge in [0, 0.05) is 10.9 Å². The van der Waals surface area contributed by atoms with Gasteiger partial charge in [-0.15, -0.1) is 11.3 Å². The number of hydrazone groups is 1. The summed E-state index contributed by atoms with van der Waals surface area (Å²) >= 11 is 1.53. The molecule has 1 heterocycles. The number of aromatic nitrogens is 1. The lowest BCUT2D eigenvalue weighted by Crippen LogP contribution is -1.91. The third-order valence-corrected chi connectivity index (χ3v) is 4.13. The van der Waals surface area contributed by atoms with Crippen molar-refractivity contribution in [1.29, 1.82) is 0 Å². The molecule has 0 aliphatic heterocycles. The van der Waals surface area contributed by atoms with E-state index in [1.807, 2.05) is 48.7 Å². The van der Waals surface area contributed by atoms with Crippen molar-refractivity contribution in [3.8, 4) is 17.0 Å². The van der Waals surface area contributed by atoms with Crippen LogP contribution in [0, 0.1) is 6.92 Å². The molecule has 3 rings (SSSR count). The molecule has 0 saturated heterocycles. The summed E-state index contributed by atoms with van der Waals surface area (Å²) in [5.74, 6) is 0.873. The van der Waals surface area contributed by atoms with Crippen LogP contribution in [0.15, 0.2) is 59.0 Å². The smallest absolute Gasteiger partial charge is 0.203 e. The van der Waals surface area contributed by atoms with Crippen molar-refractivity contribution >= 4 is 22.7 Å². The van der Waals surface area contributed by atoms with Crippen LogP contribution < -0.4 is 10.2 Å². The third kappa shape index (κ3) is 4.20. The first-order chi connectivity index (χ1) is 11.7. The maximum Gasteiger partial charge on any atom is 0.203 e. The first-order valence-corrected chi connectivity index (χ1v) is 8.67. The Kier molecular flexibility index (Phi) is 5.23. The molecule has 0 aliphatic rings. The molecule has 4 nitrogen and oxygen atoms in total. The quantitative estimate of drug-likeness (QED) is 0.510. The first-order valence-electron chi connectivity index (χ1n) is 7.79. The van der Waals surface area contributed by atoms with Crippen LogP contribution in [-0.2, 0) is 0 Å². The molecular formula is C19H19N3OS. The maximum atomic E-state index is 5.46. The van der Waals surface area contributed by atoms with Gasteiger partial charge in [0.05, 0.1) is 18.5 Å². The highest BCUT2D eigenvalue weighted by Crippen LogP contribution is 2.26. The average Bonchev–Trinajstić information content (AvgIpc) is 3.05. The van der Waals surface area contributed by atoms with Crippen LogP contribution in [0.1, 0.15) is 18.1 Å². The summed E-state index contributed by atoms with van der Waals surface area (Å²) in [6.07, 6.45) is 1.80. The summed E-state index contributed by atoms with van der Waals surface area (Å²) in [6, 6.07) is 16.1. The Morgan fingerprint density at radius 1 is 1.21 bits per heavy atom. The first kappa shape index (κ1) is 16.2. The van der Waals surface area contributed by atoms with Crippen LogP contribution in [0.25, 0.3) is 11.3 Å². The fraction of sp³-hybridized carbons (Fsp3) is 0.158. The zero-order chi connectivity index (χ0) is 16.8. The standard InChI is InChI=1S/C19H19N3OS/c1-3-23-17-9-7-16(8-10-17)18-13-24-19(21-18)22-20-12-15-6-4-5-14(2)11-15/h4-13H,3H2,1-2H3,(H,21,22)/b20-12-. The molecule has 0 amide bonds. The van der Waals surface area contributed by atoms with Gasteiger partial charge in [-0.2, -0.15) is 5.10 Å². The molecule has 0 bridgehead atoms. The van der Waals surface area contributed by atoms with E-state index in [0.29, 0.717) is 6.61 Å². The Morgan fingerprint density at radius 3 is 2.79 bits per heavy atom. The van der Waals surface area contributed by atoms with E-state index in [1.165, 1.54) is 16.9 Å². The highest BCUT2D eigenvalue weighted by molar-refractivity contribution is 7.14. The molecule has 24 heavy (non-hydrogen) atoms. The number of nitrogens with one attached hydrogen (secondary N) is 1. The summed E-state index contributed by atoms with van der Waals surface area (Å²) in [5.41, 5.74) is 7.25. The lowest BCUT2D eigenvalue weighted by Gasteiger charge is -2.03. The van der Waals surface area contributed by atoms with Gasteiger partial charge in [0.25, 0.3) is 0 Å². The minimum Gasteiger partial charge on any atom is -0.494 e. The molecular weight excluding hydrogens is 318 g/mol. The molecule has 0 radical (unpaired) electrons. The zero-order valence-electron chi connectivity index (χ0n) is 13.7. The van der Waals surface area contributed by atoms with Gasteiger partial charge in [-0.05, 0) is 43.7 Å². The Morgan fingerprint density at radius 2 is 2.04 bits per heavy atom. The van der Waals surface area contributed by atoms with Crippen molar-refractivity contribution in [3.05, 3.63) is 65.0 Å². The minimum atomic E-state index is 0.670. The van der Waals surface area contributed by atoms with Crippen LogP contribution in [0.3, 0.4) is 0 Å². The largest absolute Gasteiger partial charge is 0.494 e. The lowest BCUT2D eigenvalue weighted by molar-refractivity contribution is 0.340. The number of rotatable bonds is 6. The third-order valence-electron chi connectivity index (χ3n) is 3.38. The van der Waals surface area contributed by atoms with Gasteiger partial charge < -0.3 is 4.74 Å². The Balaban J connectivity index is 1.65. The summed E-state index contributed by atoms with van der Waals surface area (Å²) in [6.45, 7) is 4.71. The van der Waals surface area contributed by atoms with Gasteiger partial charge in [-0.3, -0.25) is 5.43 Å². The fourth-order valence-corrected chi connectivity index (χ4v) is 2.93. The Labute approximate surface area is 145 Å². The number of aryl methyl sites for hydroxylation is 1. The maximum absolute atomic E-state index is 5.46. The molecule has 0 spiro atoms. The molecule has 0 atom stereocenters. The molecule has 1 aromatic heterocycles. The fourth-order valence-electron chi connectivity index (χ4n) is 2.26. The number of ether oxygens (including phenoxy) is 1. The average molecular weight is 337 g/mol. The molecule has 2 aromatic carbocycles. The van der Waals surface area contributed by atoms with Crippen molar-refractivity contribution < 1.29 is 4.74 Å². The van der Waals surface area contributed by atoms with Crippen molar-refractivity contribution in [1.82, 2.24) is 4.98 Å². The van der Waals surface area contributed by atoms with Gasteiger partial charge in [-0.1, -0.05) is 29.8 Å². The number of hydrogen-bond acceptors (Lipinski definition) is 5. The van der Waals surface area contributed by atoms with E-state index in [4.69, 9.17) is 4.74 Å². The molecule has 122 valence electrons. The normalized spacial score (nSPS) is 10.9. The highest BCUT2D eigenvalue weighted by Gasteiger charge is 2.04. The van der Waals surface area contributed by atoms with Gasteiger partial charge >= 0.3 is 0 Å². The van der Waals surface area contributed by atoms with E-state index in [2.05, 4.69) is 34.6 Å². The van der Waals surface area contributed by atoms with E-state index in [-0.39, 0.29) is 0 Å². The van der Waals surface area contributed by atoms with E-state index >= 15 is 0 Å². The predicted molar refractivity (Wildman–Crippen MR) is 101 cm³/mol. The molecule has 3 aromatic rings. The summed E-state index contributed by atoms with van der Waals surface area (Å²) < 4.78 is 5.46. The number of thiazole rings is 1. The second-order valence-corrected chi connectivity index (χ2v) is 6.14. The van der Waals surface area contributed by atoms with Crippen molar-refractivity contribution in [3.63, 3.8) is 0 Å². The summed E-state index contributed by atoms with van der Waals surface area (Å²) in [5, 5.41) is 7.03. The zero-order valence-corrected chi connectivity index (χ0v) is 14.5. The SMILES string of the molecule is CCOc1ccc(-c2csc(N/N=C\c3cccc(C)c3)n2)cc1. The highest BCUT2D eigenvalue weighted by atomic mass is 32.1. The molecule has 0 saturated carbocycles. The molecule has 0 aliphatic carbocycles. The number of hydrogen-bond donors (Lipinski definition) is 1. The van der Waals surface area contributed by atoms with Crippen molar-refractivity contribution in [2.75, 3.05) is 12.0 Å². The number of benzene rings is 2. The van der Waals surface area contributed by atoms with Crippen LogP contribution in [0.5, 0.6) is 5.75 Å². The number of nitrogens with zero attached hydrogens (tertiary/aromatic N) is 2. The minimum absolute atomic E-state index is 0.670. The Bertz CT molecular complexity index is 825. The van der Waals surface area contributed by atoms with E-state index in [0.717, 1.165) is 27.7 Å². The molecule has 0 fully saturated rings. The van der Waals surface area contributed by atoms with E-state index < -0.39 is 0 Å². The van der Waals surface area contributed by atoms with Crippen molar-refractivity contribution in [2.24, 2.45) is 5.10 Å². The van der Waals surface area contributed by atoms with E-state index in [1.54, 1.807) is 6.21 Å². The van der Waals surface area contributed by atoms with E-state index in [9.17, 15) is 0 Å². The number of anilines is 1. The molecule has 5 heteroatoms. The van der Waals surface area contributed by atoms with Gasteiger partial charge in [-0.25, -0.2) is 4.98 Å². The van der Waals surface area contributed by atoms with Crippen LogP contribution in [0.2, 0.25) is 0 Å². The second kappa shape index (κ2) is 7.75. The molecule has 1 N–H and O–H groups in total. The predicted octanol–water partition coefficient (Wildman–Crippen LogP) is 4.96. The van der Waals surface area contributed by atoms with Gasteiger partial charge in [0.1, 0.15) is 5.75 Å². The summed E-state index contributed by atoms with van der Waals surface area (Å²) in [7, 11) is 0. The van der Waals surface area contributed by atoms with Gasteiger partial charge in [0.2, 0.25) is 5.13 Å². The Hall–Kier alpha value is -2.66. The monoisotopic (exact) mass is 337 g/mol. The molecule has 0 unspecified atom stereocenters. The van der Waals surface area contributed by atoms with Crippen LogP contribution in [-0.4, -0.2) is 17.8 Å². The second-order valence-electron chi connectivity index (χ2n) is 5.28. The van der Waals surface area contributed by atoms with Crippen LogP contribution in [0.4, 0.5) is 5.13 Å². The topological polar surface area (TPSA) is 46.5 Å². The summed E-state index contributed by atoms with van der Waals surface area (Å²) in [4.78, 5) is 4.56. The van der Waals surface area contributed by atoms with Gasteiger partial charge in [0.15, 0.2) is 0 Å². The van der Waals surface area contributed by atoms with Crippen LogP contribution >= 0.6 is 11.3 Å². The van der Waals surface area contributed by atoms with Crippen molar-refractivity contribution in [2.45, 2.75) is 13.8 Å².